The lowest BCUT2D eigenvalue weighted by Crippen LogP contribution is -2.18. The summed E-state index contributed by atoms with van der Waals surface area (Å²) < 4.78 is 5.13. The van der Waals surface area contributed by atoms with E-state index < -0.39 is 5.91 Å². The predicted octanol–water partition coefficient (Wildman–Crippen LogP) is 2.80. The highest BCUT2D eigenvalue weighted by Crippen LogP contribution is 2.14. The molecule has 1 aromatic heterocycles. The van der Waals surface area contributed by atoms with Crippen molar-refractivity contribution in [2.24, 2.45) is 5.10 Å². The zero-order chi connectivity index (χ0) is 14.4. The lowest BCUT2D eigenvalue weighted by atomic mass is 10.2. The number of nitrogens with zero attached hydrogens (tertiary/aromatic N) is 1. The number of hydrogen-bond donors (Lipinski definition) is 2. The average Bonchev–Trinajstić information content (AvgIpc) is 2.96. The van der Waals surface area contributed by atoms with E-state index in [0.717, 1.165) is 0 Å². The van der Waals surface area contributed by atoms with Crippen LogP contribution in [0.3, 0.4) is 0 Å². The maximum absolute atomic E-state index is 11.8. The first-order valence-electron chi connectivity index (χ1n) is 6.01. The minimum atomic E-state index is -0.464. The molecule has 0 aliphatic heterocycles. The normalized spacial score (nSPS) is 11.8. The van der Waals surface area contributed by atoms with Crippen LogP contribution in [-0.2, 0) is 0 Å². The van der Waals surface area contributed by atoms with E-state index in [1.165, 1.54) is 12.1 Å². The van der Waals surface area contributed by atoms with Crippen LogP contribution in [-0.4, -0.2) is 16.7 Å². The number of allylic oxidation sites excluding steroid dienone is 1. The van der Waals surface area contributed by atoms with Crippen molar-refractivity contribution in [1.82, 2.24) is 5.43 Å². The predicted molar refractivity (Wildman–Crippen MR) is 76.4 cm³/mol. The zero-order valence-electron chi connectivity index (χ0n) is 10.9. The minimum Gasteiger partial charge on any atom is -0.507 e. The number of phenolic OH excluding ortho intramolecular Hbond substituents is 1. The molecule has 0 spiro atoms. The summed E-state index contributed by atoms with van der Waals surface area (Å²) in [4.78, 5) is 11.8. The van der Waals surface area contributed by atoms with Gasteiger partial charge in [-0.3, -0.25) is 4.79 Å². The molecule has 1 heterocycles. The van der Waals surface area contributed by atoms with Crippen LogP contribution in [0.2, 0.25) is 0 Å². The Morgan fingerprint density at radius 2 is 2.10 bits per heavy atom. The van der Waals surface area contributed by atoms with Crippen LogP contribution in [0.4, 0.5) is 0 Å². The summed E-state index contributed by atoms with van der Waals surface area (Å²) in [5, 5.41) is 13.5. The van der Waals surface area contributed by atoms with Gasteiger partial charge in [0.1, 0.15) is 11.5 Å². The molecular weight excluding hydrogens is 256 g/mol. The molecule has 1 amide bonds. The van der Waals surface area contributed by atoms with Gasteiger partial charge in [0, 0.05) is 0 Å². The van der Waals surface area contributed by atoms with Crippen molar-refractivity contribution in [3.63, 3.8) is 0 Å². The van der Waals surface area contributed by atoms with Gasteiger partial charge in [-0.2, -0.15) is 5.10 Å². The number of benzene rings is 1. The third kappa shape index (κ3) is 3.58. The Bertz CT molecular complexity index is 643. The van der Waals surface area contributed by atoms with Crippen LogP contribution >= 0.6 is 0 Å². The number of amides is 1. The van der Waals surface area contributed by atoms with Crippen molar-refractivity contribution in [2.75, 3.05) is 0 Å². The number of hydrazone groups is 1. The number of carbonyl (C=O) groups is 1. The molecule has 2 N–H and O–H groups in total. The molecule has 0 aliphatic rings. The van der Waals surface area contributed by atoms with Crippen LogP contribution in [0, 0.1) is 0 Å². The molecule has 2 rings (SSSR count). The Balaban J connectivity index is 1.98. The van der Waals surface area contributed by atoms with Gasteiger partial charge in [0.05, 0.1) is 17.5 Å². The fourth-order valence-corrected chi connectivity index (χ4v) is 1.49. The van der Waals surface area contributed by atoms with E-state index in [9.17, 15) is 9.90 Å². The summed E-state index contributed by atoms with van der Waals surface area (Å²) >= 11 is 0. The molecule has 0 radical (unpaired) electrons. The second-order valence-corrected chi connectivity index (χ2v) is 4.06. The van der Waals surface area contributed by atoms with Gasteiger partial charge in [-0.05, 0) is 43.3 Å². The fraction of sp³-hybridized carbons (Fsp3) is 0.0667. The fourth-order valence-electron chi connectivity index (χ4n) is 1.49. The van der Waals surface area contributed by atoms with Gasteiger partial charge in [0.2, 0.25) is 0 Å². The van der Waals surface area contributed by atoms with E-state index in [0.29, 0.717) is 11.5 Å². The molecule has 0 atom stereocenters. The quantitative estimate of drug-likeness (QED) is 0.662. The first-order chi connectivity index (χ1) is 9.66. The number of furan rings is 1. The molecule has 2 aromatic rings. The molecule has 0 unspecified atom stereocenters. The summed E-state index contributed by atoms with van der Waals surface area (Å²) in [5.74, 6) is 0.157. The van der Waals surface area contributed by atoms with Gasteiger partial charge in [0.15, 0.2) is 0 Å². The Morgan fingerprint density at radius 3 is 2.80 bits per heavy atom. The van der Waals surface area contributed by atoms with Crippen LogP contribution < -0.4 is 5.43 Å². The molecule has 102 valence electrons. The van der Waals surface area contributed by atoms with E-state index in [4.69, 9.17) is 4.42 Å². The second kappa shape index (κ2) is 6.38. The third-order valence-corrected chi connectivity index (χ3v) is 2.51. The monoisotopic (exact) mass is 270 g/mol. The van der Waals surface area contributed by atoms with E-state index in [1.54, 1.807) is 43.5 Å². The molecule has 0 saturated carbocycles. The molecular formula is C15H14N2O3. The van der Waals surface area contributed by atoms with E-state index in [1.807, 2.05) is 6.07 Å². The molecule has 5 nitrogen and oxygen atoms in total. The highest BCUT2D eigenvalue weighted by molar-refractivity contribution is 6.00. The Hall–Kier alpha value is -2.82. The summed E-state index contributed by atoms with van der Waals surface area (Å²) in [6, 6.07) is 9.88. The number of para-hydroxylation sites is 1. The number of aromatic hydroxyl groups is 1. The van der Waals surface area contributed by atoms with Gasteiger partial charge < -0.3 is 9.52 Å². The summed E-state index contributed by atoms with van der Waals surface area (Å²) in [7, 11) is 0. The largest absolute Gasteiger partial charge is 0.507 e. The van der Waals surface area contributed by atoms with Crippen molar-refractivity contribution >= 4 is 17.7 Å². The number of carbonyl (C=O) groups excluding carboxylic acids is 1. The summed E-state index contributed by atoms with van der Waals surface area (Å²) in [6.07, 6.45) is 5.03. The van der Waals surface area contributed by atoms with E-state index in [-0.39, 0.29) is 11.3 Å². The molecule has 0 bridgehead atoms. The minimum absolute atomic E-state index is 0.0796. The smallest absolute Gasteiger partial charge is 0.275 e. The van der Waals surface area contributed by atoms with Gasteiger partial charge in [0.25, 0.3) is 5.91 Å². The van der Waals surface area contributed by atoms with E-state index >= 15 is 0 Å². The lowest BCUT2D eigenvalue weighted by Gasteiger charge is -2.02. The van der Waals surface area contributed by atoms with Crippen molar-refractivity contribution < 1.29 is 14.3 Å². The zero-order valence-corrected chi connectivity index (χ0v) is 10.9. The van der Waals surface area contributed by atoms with Crippen molar-refractivity contribution in [3.8, 4) is 5.75 Å². The summed E-state index contributed by atoms with van der Waals surface area (Å²) in [5.41, 5.74) is 3.16. The highest BCUT2D eigenvalue weighted by atomic mass is 16.3. The van der Waals surface area contributed by atoms with Gasteiger partial charge in [-0.25, -0.2) is 5.43 Å². The van der Waals surface area contributed by atoms with E-state index in [2.05, 4.69) is 10.5 Å². The van der Waals surface area contributed by atoms with Crippen LogP contribution in [0.5, 0.6) is 5.75 Å². The van der Waals surface area contributed by atoms with Crippen LogP contribution in [0.25, 0.3) is 6.08 Å². The first kappa shape index (κ1) is 13.6. The third-order valence-electron chi connectivity index (χ3n) is 2.51. The first-order valence-corrected chi connectivity index (χ1v) is 6.01. The van der Waals surface area contributed by atoms with Crippen LogP contribution in [0.1, 0.15) is 23.0 Å². The summed E-state index contributed by atoms with van der Waals surface area (Å²) in [6.45, 7) is 1.74. The van der Waals surface area contributed by atoms with Gasteiger partial charge in [-0.1, -0.05) is 12.1 Å². The topological polar surface area (TPSA) is 74.8 Å². The molecule has 0 aliphatic carbocycles. The van der Waals surface area contributed by atoms with Crippen molar-refractivity contribution in [1.29, 1.82) is 0 Å². The van der Waals surface area contributed by atoms with Gasteiger partial charge in [-0.15, -0.1) is 0 Å². The van der Waals surface area contributed by atoms with Gasteiger partial charge >= 0.3 is 0 Å². The van der Waals surface area contributed by atoms with Crippen molar-refractivity contribution in [2.45, 2.75) is 6.92 Å². The SMILES string of the molecule is CC(/C=C/c1ccco1)=N/NC(=O)c1ccccc1O. The Labute approximate surface area is 116 Å². The number of hydrogen-bond acceptors (Lipinski definition) is 4. The number of nitrogens with one attached hydrogen (secondary N) is 1. The number of phenols is 1. The molecule has 0 saturated heterocycles. The molecule has 1 aromatic carbocycles. The molecule has 5 heteroatoms. The maximum Gasteiger partial charge on any atom is 0.275 e. The molecule has 20 heavy (non-hydrogen) atoms. The Kier molecular flexibility index (Phi) is 4.34. The Morgan fingerprint density at radius 1 is 1.30 bits per heavy atom. The van der Waals surface area contributed by atoms with Crippen LogP contribution in [0.15, 0.2) is 58.3 Å². The molecule has 0 fully saturated rings. The standard InChI is InChI=1S/C15H14N2O3/c1-11(8-9-12-5-4-10-20-12)16-17-15(19)13-6-2-3-7-14(13)18/h2-10,18H,1H3,(H,17,19)/b9-8+,16-11-. The second-order valence-electron chi connectivity index (χ2n) is 4.06. The number of rotatable bonds is 4. The maximum atomic E-state index is 11.8. The van der Waals surface area contributed by atoms with Crippen molar-refractivity contribution in [3.05, 3.63) is 60.1 Å². The lowest BCUT2D eigenvalue weighted by molar-refractivity contribution is 0.0952. The average molecular weight is 270 g/mol. The highest BCUT2D eigenvalue weighted by Gasteiger charge is 2.08.